The summed E-state index contributed by atoms with van der Waals surface area (Å²) in [5, 5.41) is 19.5. The van der Waals surface area contributed by atoms with Crippen LogP contribution in [0.15, 0.2) is 6.07 Å². The maximum absolute atomic E-state index is 10.0. The van der Waals surface area contributed by atoms with Crippen LogP contribution in [0, 0.1) is 0 Å². The minimum Gasteiger partial charge on any atom is -0.506 e. The molecule has 0 aliphatic carbocycles. The molecule has 2 rings (SSSR count). The SMILES string of the molecule is CC(C)(CO)c1cc2c(c(Cl)c1O)OCCO2. The van der Waals surface area contributed by atoms with Gasteiger partial charge < -0.3 is 19.7 Å². The molecule has 0 bridgehead atoms. The Morgan fingerprint density at radius 2 is 2.00 bits per heavy atom. The molecule has 0 fully saturated rings. The van der Waals surface area contributed by atoms with E-state index in [2.05, 4.69) is 0 Å². The average molecular weight is 259 g/mol. The molecule has 5 heteroatoms. The highest BCUT2D eigenvalue weighted by Crippen LogP contribution is 2.47. The minimum absolute atomic E-state index is 0.0602. The van der Waals surface area contributed by atoms with Gasteiger partial charge in [0.15, 0.2) is 11.5 Å². The molecular weight excluding hydrogens is 244 g/mol. The second kappa shape index (κ2) is 4.27. The summed E-state index contributed by atoms with van der Waals surface area (Å²) in [4.78, 5) is 0. The van der Waals surface area contributed by atoms with Gasteiger partial charge in [-0.1, -0.05) is 25.4 Å². The molecule has 0 aromatic heterocycles. The third-order valence-electron chi connectivity index (χ3n) is 2.87. The van der Waals surface area contributed by atoms with Crippen molar-refractivity contribution in [3.05, 3.63) is 16.7 Å². The van der Waals surface area contributed by atoms with E-state index in [0.717, 1.165) is 0 Å². The fourth-order valence-electron chi connectivity index (χ4n) is 1.74. The Hall–Kier alpha value is -1.13. The maximum Gasteiger partial charge on any atom is 0.183 e. The number of benzene rings is 1. The van der Waals surface area contributed by atoms with Gasteiger partial charge in [0.05, 0.1) is 6.61 Å². The van der Waals surface area contributed by atoms with Crippen molar-refractivity contribution in [2.75, 3.05) is 19.8 Å². The van der Waals surface area contributed by atoms with E-state index in [1.807, 2.05) is 13.8 Å². The summed E-state index contributed by atoms with van der Waals surface area (Å²) < 4.78 is 10.8. The van der Waals surface area contributed by atoms with Crippen molar-refractivity contribution in [3.8, 4) is 17.2 Å². The molecule has 1 heterocycles. The molecule has 0 saturated carbocycles. The predicted molar refractivity (Wildman–Crippen MR) is 64.2 cm³/mol. The topological polar surface area (TPSA) is 58.9 Å². The molecule has 0 radical (unpaired) electrons. The van der Waals surface area contributed by atoms with Gasteiger partial charge in [-0.25, -0.2) is 0 Å². The highest BCUT2D eigenvalue weighted by molar-refractivity contribution is 6.34. The first-order valence-electron chi connectivity index (χ1n) is 5.40. The van der Waals surface area contributed by atoms with Crippen LogP contribution in [0.25, 0.3) is 0 Å². The molecule has 1 aliphatic rings. The summed E-state index contributed by atoms with van der Waals surface area (Å²) in [7, 11) is 0. The molecule has 1 aliphatic heterocycles. The first-order valence-corrected chi connectivity index (χ1v) is 5.77. The van der Waals surface area contributed by atoms with Crippen LogP contribution in [0.4, 0.5) is 0 Å². The maximum atomic E-state index is 10.0. The van der Waals surface area contributed by atoms with Gasteiger partial charge in [0.2, 0.25) is 0 Å². The third-order valence-corrected chi connectivity index (χ3v) is 3.22. The standard InChI is InChI=1S/C12H15ClO4/c1-12(2,6-14)7-5-8-11(9(13)10(7)15)17-4-3-16-8/h5,14-15H,3-4,6H2,1-2H3. The lowest BCUT2D eigenvalue weighted by molar-refractivity contribution is 0.169. The second-order valence-electron chi connectivity index (χ2n) is 4.65. The van der Waals surface area contributed by atoms with Gasteiger partial charge in [0, 0.05) is 11.0 Å². The molecular formula is C12H15ClO4. The highest BCUT2D eigenvalue weighted by Gasteiger charge is 2.29. The van der Waals surface area contributed by atoms with Gasteiger partial charge >= 0.3 is 0 Å². The van der Waals surface area contributed by atoms with Crippen molar-refractivity contribution in [1.29, 1.82) is 0 Å². The molecule has 0 spiro atoms. The van der Waals surface area contributed by atoms with E-state index in [0.29, 0.717) is 30.3 Å². The quantitative estimate of drug-likeness (QED) is 0.853. The summed E-state index contributed by atoms with van der Waals surface area (Å²) in [6, 6.07) is 1.67. The van der Waals surface area contributed by atoms with E-state index in [4.69, 9.17) is 21.1 Å². The molecule has 17 heavy (non-hydrogen) atoms. The van der Waals surface area contributed by atoms with Crippen LogP contribution in [-0.4, -0.2) is 30.0 Å². The summed E-state index contributed by atoms with van der Waals surface area (Å²) >= 11 is 6.04. The van der Waals surface area contributed by atoms with Crippen molar-refractivity contribution < 1.29 is 19.7 Å². The number of ether oxygens (including phenoxy) is 2. The zero-order valence-electron chi connectivity index (χ0n) is 9.79. The van der Waals surface area contributed by atoms with E-state index in [1.165, 1.54) is 0 Å². The Morgan fingerprint density at radius 1 is 1.35 bits per heavy atom. The molecule has 4 nitrogen and oxygen atoms in total. The lowest BCUT2D eigenvalue weighted by Gasteiger charge is -2.27. The third kappa shape index (κ3) is 2.03. The first kappa shape index (κ1) is 12.3. The monoisotopic (exact) mass is 258 g/mol. The first-order chi connectivity index (χ1) is 7.97. The van der Waals surface area contributed by atoms with Crippen molar-refractivity contribution in [1.82, 2.24) is 0 Å². The molecule has 0 atom stereocenters. The van der Waals surface area contributed by atoms with Gasteiger partial charge in [0.1, 0.15) is 24.0 Å². The lowest BCUT2D eigenvalue weighted by atomic mass is 9.84. The molecule has 2 N–H and O–H groups in total. The van der Waals surface area contributed by atoms with Crippen LogP contribution in [0.3, 0.4) is 0 Å². The Labute approximate surface area is 105 Å². The lowest BCUT2D eigenvalue weighted by Crippen LogP contribution is -2.23. The number of aliphatic hydroxyl groups is 1. The van der Waals surface area contributed by atoms with E-state index in [1.54, 1.807) is 6.07 Å². The van der Waals surface area contributed by atoms with Gasteiger partial charge in [0.25, 0.3) is 0 Å². The summed E-state index contributed by atoms with van der Waals surface area (Å²) in [6.07, 6.45) is 0. The Kier molecular flexibility index (Phi) is 3.10. The largest absolute Gasteiger partial charge is 0.506 e. The van der Waals surface area contributed by atoms with Crippen molar-refractivity contribution in [3.63, 3.8) is 0 Å². The summed E-state index contributed by atoms with van der Waals surface area (Å²) in [6.45, 7) is 4.39. The molecule has 0 saturated heterocycles. The number of hydrogen-bond donors (Lipinski definition) is 2. The number of aliphatic hydroxyl groups excluding tert-OH is 1. The molecule has 94 valence electrons. The van der Waals surface area contributed by atoms with Crippen LogP contribution in [0.2, 0.25) is 5.02 Å². The number of hydrogen-bond acceptors (Lipinski definition) is 4. The Bertz CT molecular complexity index is 443. The predicted octanol–water partition coefficient (Wildman–Crippen LogP) is 2.09. The molecule has 0 amide bonds. The van der Waals surface area contributed by atoms with E-state index >= 15 is 0 Å². The molecule has 0 unspecified atom stereocenters. The van der Waals surface area contributed by atoms with Gasteiger partial charge in [-0.2, -0.15) is 0 Å². The number of phenols is 1. The zero-order chi connectivity index (χ0) is 12.6. The van der Waals surface area contributed by atoms with Crippen LogP contribution in [-0.2, 0) is 5.41 Å². The second-order valence-corrected chi connectivity index (χ2v) is 5.03. The van der Waals surface area contributed by atoms with E-state index < -0.39 is 5.41 Å². The van der Waals surface area contributed by atoms with Crippen molar-refractivity contribution >= 4 is 11.6 Å². The Balaban J connectivity index is 2.59. The number of phenolic OH excluding ortho intramolecular Hbond substituents is 1. The van der Waals surface area contributed by atoms with Crippen LogP contribution in [0.5, 0.6) is 17.2 Å². The van der Waals surface area contributed by atoms with Crippen molar-refractivity contribution in [2.24, 2.45) is 0 Å². The number of rotatable bonds is 2. The van der Waals surface area contributed by atoms with Gasteiger partial charge in [-0.15, -0.1) is 0 Å². The number of aromatic hydroxyl groups is 1. The van der Waals surface area contributed by atoms with E-state index in [9.17, 15) is 10.2 Å². The summed E-state index contributed by atoms with van der Waals surface area (Å²) in [5.41, 5.74) is -0.0435. The van der Waals surface area contributed by atoms with E-state index in [-0.39, 0.29) is 17.4 Å². The number of halogens is 1. The minimum atomic E-state index is -0.594. The average Bonchev–Trinajstić information content (AvgIpc) is 2.33. The van der Waals surface area contributed by atoms with Crippen LogP contribution >= 0.6 is 11.6 Å². The number of fused-ring (bicyclic) bond motifs is 1. The van der Waals surface area contributed by atoms with Gasteiger partial charge in [-0.3, -0.25) is 0 Å². The highest BCUT2D eigenvalue weighted by atomic mass is 35.5. The van der Waals surface area contributed by atoms with Gasteiger partial charge in [-0.05, 0) is 6.07 Å². The smallest absolute Gasteiger partial charge is 0.183 e. The normalized spacial score (nSPS) is 14.8. The van der Waals surface area contributed by atoms with Crippen LogP contribution in [0.1, 0.15) is 19.4 Å². The Morgan fingerprint density at radius 3 is 2.65 bits per heavy atom. The van der Waals surface area contributed by atoms with Crippen molar-refractivity contribution in [2.45, 2.75) is 19.3 Å². The fourth-order valence-corrected chi connectivity index (χ4v) is 1.99. The fraction of sp³-hybridized carbons (Fsp3) is 0.500. The van der Waals surface area contributed by atoms with Crippen LogP contribution < -0.4 is 9.47 Å². The zero-order valence-corrected chi connectivity index (χ0v) is 10.5. The molecule has 1 aromatic rings. The molecule has 1 aromatic carbocycles. The summed E-state index contributed by atoms with van der Waals surface area (Å²) in [5.74, 6) is 0.818.